The molecule has 1 aromatic rings. The summed E-state index contributed by atoms with van der Waals surface area (Å²) in [6.07, 6.45) is -0.128. The van der Waals surface area contributed by atoms with Gasteiger partial charge in [0.05, 0.1) is 13.5 Å². The Hall–Kier alpha value is -1.91. The molecular formula is C12H15NO4. The highest BCUT2D eigenvalue weighted by molar-refractivity contribution is 5.70. The Balaban J connectivity index is 2.13. The van der Waals surface area contributed by atoms with Crippen LogP contribution in [0.25, 0.3) is 0 Å². The maximum absolute atomic E-state index is 11.1. The van der Waals surface area contributed by atoms with E-state index in [2.05, 4.69) is 4.74 Å². The lowest BCUT2D eigenvalue weighted by Gasteiger charge is -2.26. The molecule has 1 aromatic carbocycles. The van der Waals surface area contributed by atoms with Crippen LogP contribution in [0.1, 0.15) is 12.0 Å². The van der Waals surface area contributed by atoms with Gasteiger partial charge in [-0.2, -0.15) is 0 Å². The van der Waals surface area contributed by atoms with Crippen LogP contribution in [0.15, 0.2) is 12.1 Å². The second-order valence-electron chi connectivity index (χ2n) is 3.99. The lowest BCUT2D eigenvalue weighted by atomic mass is 10.1. The SMILES string of the molecule is COC(=O)C[C@@H]1COc2cc(N)c(C)cc2O1. The number of carbonyl (C=O) groups excluding carboxylic acids is 1. The highest BCUT2D eigenvalue weighted by Crippen LogP contribution is 2.35. The van der Waals surface area contributed by atoms with Crippen molar-refractivity contribution in [3.63, 3.8) is 0 Å². The molecule has 1 heterocycles. The number of fused-ring (bicyclic) bond motifs is 1. The molecule has 17 heavy (non-hydrogen) atoms. The van der Waals surface area contributed by atoms with E-state index in [0.717, 1.165) is 5.56 Å². The first kappa shape index (κ1) is 11.6. The standard InChI is InChI=1S/C12H15NO4/c1-7-3-11-10(5-9(7)13)16-6-8(17-11)4-12(14)15-2/h3,5,8H,4,6,13H2,1-2H3/t8-/m1/s1. The van der Waals surface area contributed by atoms with E-state index in [1.165, 1.54) is 7.11 Å². The number of nitrogen functional groups attached to an aromatic ring is 1. The van der Waals surface area contributed by atoms with E-state index in [-0.39, 0.29) is 18.5 Å². The summed E-state index contributed by atoms with van der Waals surface area (Å²) in [5, 5.41) is 0. The van der Waals surface area contributed by atoms with Crippen molar-refractivity contribution < 1.29 is 19.0 Å². The molecule has 2 rings (SSSR count). The summed E-state index contributed by atoms with van der Waals surface area (Å²) in [7, 11) is 1.35. The van der Waals surface area contributed by atoms with Crippen LogP contribution in [-0.4, -0.2) is 25.8 Å². The molecule has 1 aliphatic rings. The van der Waals surface area contributed by atoms with Crippen LogP contribution < -0.4 is 15.2 Å². The van der Waals surface area contributed by atoms with Crippen molar-refractivity contribution in [3.8, 4) is 11.5 Å². The molecule has 0 unspecified atom stereocenters. The smallest absolute Gasteiger partial charge is 0.309 e. The summed E-state index contributed by atoms with van der Waals surface area (Å²) in [4.78, 5) is 11.1. The fraction of sp³-hybridized carbons (Fsp3) is 0.417. The molecule has 5 heteroatoms. The predicted octanol–water partition coefficient (Wildman–Crippen LogP) is 1.28. The topological polar surface area (TPSA) is 70.8 Å². The van der Waals surface area contributed by atoms with Gasteiger partial charge in [-0.15, -0.1) is 0 Å². The molecule has 0 fully saturated rings. The van der Waals surface area contributed by atoms with Crippen LogP contribution in [0.2, 0.25) is 0 Å². The van der Waals surface area contributed by atoms with E-state index in [4.69, 9.17) is 15.2 Å². The monoisotopic (exact) mass is 237 g/mol. The summed E-state index contributed by atoms with van der Waals surface area (Å²) in [5.41, 5.74) is 7.36. The lowest BCUT2D eigenvalue weighted by molar-refractivity contribution is -0.143. The first-order valence-electron chi connectivity index (χ1n) is 5.36. The minimum atomic E-state index is -0.311. The number of hydrogen-bond acceptors (Lipinski definition) is 5. The predicted molar refractivity (Wildman–Crippen MR) is 62.1 cm³/mol. The number of anilines is 1. The summed E-state index contributed by atoms with van der Waals surface area (Å²) >= 11 is 0. The molecule has 1 aliphatic heterocycles. The molecule has 2 N–H and O–H groups in total. The van der Waals surface area contributed by atoms with E-state index >= 15 is 0 Å². The van der Waals surface area contributed by atoms with E-state index in [1.807, 2.05) is 13.0 Å². The van der Waals surface area contributed by atoms with Crippen LogP contribution in [0, 0.1) is 6.92 Å². The number of benzene rings is 1. The van der Waals surface area contributed by atoms with Crippen molar-refractivity contribution in [3.05, 3.63) is 17.7 Å². The Bertz CT molecular complexity index is 444. The molecule has 5 nitrogen and oxygen atoms in total. The van der Waals surface area contributed by atoms with E-state index in [1.54, 1.807) is 6.07 Å². The fourth-order valence-electron chi connectivity index (χ4n) is 1.65. The fourth-order valence-corrected chi connectivity index (χ4v) is 1.65. The van der Waals surface area contributed by atoms with Crippen molar-refractivity contribution in [2.75, 3.05) is 19.5 Å². The normalized spacial score (nSPS) is 17.6. The van der Waals surface area contributed by atoms with Crippen molar-refractivity contribution in [2.24, 2.45) is 0 Å². The number of hydrogen-bond donors (Lipinski definition) is 1. The molecule has 1 atom stereocenters. The van der Waals surface area contributed by atoms with Gasteiger partial charge in [-0.05, 0) is 18.6 Å². The number of nitrogens with two attached hydrogens (primary N) is 1. The summed E-state index contributed by atoms with van der Waals surface area (Å²) in [6.45, 7) is 2.22. The van der Waals surface area contributed by atoms with Crippen LogP contribution in [0.3, 0.4) is 0 Å². The second-order valence-corrected chi connectivity index (χ2v) is 3.99. The third kappa shape index (κ3) is 2.43. The molecule has 0 spiro atoms. The minimum Gasteiger partial charge on any atom is -0.486 e. The van der Waals surface area contributed by atoms with Crippen molar-refractivity contribution >= 4 is 11.7 Å². The number of esters is 1. The van der Waals surface area contributed by atoms with Crippen LogP contribution >= 0.6 is 0 Å². The lowest BCUT2D eigenvalue weighted by Crippen LogP contribution is -2.31. The summed E-state index contributed by atoms with van der Waals surface area (Å²) in [6, 6.07) is 3.55. The molecule has 92 valence electrons. The largest absolute Gasteiger partial charge is 0.486 e. The number of aryl methyl sites for hydroxylation is 1. The van der Waals surface area contributed by atoms with Gasteiger partial charge in [0.2, 0.25) is 0 Å². The van der Waals surface area contributed by atoms with Gasteiger partial charge in [-0.25, -0.2) is 0 Å². The minimum absolute atomic E-state index is 0.180. The Labute approximate surface area is 99.5 Å². The van der Waals surface area contributed by atoms with Crippen LogP contribution in [0.4, 0.5) is 5.69 Å². The van der Waals surface area contributed by atoms with Gasteiger partial charge in [0.1, 0.15) is 12.7 Å². The Morgan fingerprint density at radius 1 is 1.53 bits per heavy atom. The van der Waals surface area contributed by atoms with Gasteiger partial charge in [0.25, 0.3) is 0 Å². The molecule has 0 aliphatic carbocycles. The zero-order valence-corrected chi connectivity index (χ0v) is 9.86. The molecule has 0 aromatic heterocycles. The Kier molecular flexibility index (Phi) is 3.08. The molecular weight excluding hydrogens is 222 g/mol. The van der Waals surface area contributed by atoms with Crippen molar-refractivity contribution in [1.29, 1.82) is 0 Å². The second kappa shape index (κ2) is 4.53. The Morgan fingerprint density at radius 2 is 2.29 bits per heavy atom. The average Bonchev–Trinajstić information content (AvgIpc) is 2.31. The molecule has 0 saturated heterocycles. The Morgan fingerprint density at radius 3 is 3.00 bits per heavy atom. The van der Waals surface area contributed by atoms with Crippen molar-refractivity contribution in [1.82, 2.24) is 0 Å². The molecule has 0 radical (unpaired) electrons. The van der Waals surface area contributed by atoms with Gasteiger partial charge >= 0.3 is 5.97 Å². The first-order valence-corrected chi connectivity index (χ1v) is 5.36. The van der Waals surface area contributed by atoms with Gasteiger partial charge in [-0.1, -0.05) is 0 Å². The third-order valence-corrected chi connectivity index (χ3v) is 2.67. The first-order chi connectivity index (χ1) is 8.10. The molecule has 0 saturated carbocycles. The van der Waals surface area contributed by atoms with E-state index < -0.39 is 0 Å². The quantitative estimate of drug-likeness (QED) is 0.619. The maximum Gasteiger partial charge on any atom is 0.309 e. The van der Waals surface area contributed by atoms with Gasteiger partial charge in [0.15, 0.2) is 11.5 Å². The summed E-state index contributed by atoms with van der Waals surface area (Å²) in [5.74, 6) is 0.931. The number of carbonyl (C=O) groups is 1. The maximum atomic E-state index is 11.1. The molecule has 0 amide bonds. The average molecular weight is 237 g/mol. The molecule has 0 bridgehead atoms. The number of ether oxygens (including phenoxy) is 3. The number of rotatable bonds is 2. The van der Waals surface area contributed by atoms with E-state index in [0.29, 0.717) is 23.8 Å². The van der Waals surface area contributed by atoms with Gasteiger partial charge in [0, 0.05) is 11.8 Å². The summed E-state index contributed by atoms with van der Waals surface area (Å²) < 4.78 is 15.8. The van der Waals surface area contributed by atoms with Gasteiger partial charge < -0.3 is 19.9 Å². The highest BCUT2D eigenvalue weighted by atomic mass is 16.6. The zero-order valence-electron chi connectivity index (χ0n) is 9.86. The van der Waals surface area contributed by atoms with Crippen LogP contribution in [0.5, 0.6) is 11.5 Å². The van der Waals surface area contributed by atoms with Crippen LogP contribution in [-0.2, 0) is 9.53 Å². The zero-order chi connectivity index (χ0) is 12.4. The van der Waals surface area contributed by atoms with E-state index in [9.17, 15) is 4.79 Å². The van der Waals surface area contributed by atoms with Crippen molar-refractivity contribution in [2.45, 2.75) is 19.4 Å². The third-order valence-electron chi connectivity index (χ3n) is 2.67. The van der Waals surface area contributed by atoms with Gasteiger partial charge in [-0.3, -0.25) is 4.79 Å². The number of methoxy groups -OCH3 is 1. The highest BCUT2D eigenvalue weighted by Gasteiger charge is 2.24.